The molecule has 1 fully saturated rings. The van der Waals surface area contributed by atoms with Crippen molar-refractivity contribution in [3.05, 3.63) is 11.4 Å². The molecule has 9 heteroatoms. The summed E-state index contributed by atoms with van der Waals surface area (Å²) in [5.74, 6) is 6.74. The van der Waals surface area contributed by atoms with Crippen LogP contribution in [0.3, 0.4) is 0 Å². The fraction of sp³-hybridized carbons (Fsp3) is 0.455. The Bertz CT molecular complexity index is 727. The number of hydrogen-bond donors (Lipinski definition) is 3. The van der Waals surface area contributed by atoms with Gasteiger partial charge in [-0.25, -0.2) is 19.2 Å². The van der Waals surface area contributed by atoms with Gasteiger partial charge in [0.15, 0.2) is 9.84 Å². The van der Waals surface area contributed by atoms with E-state index in [-0.39, 0.29) is 17.5 Å². The van der Waals surface area contributed by atoms with Gasteiger partial charge in [0.1, 0.15) is 10.6 Å². The molecule has 4 N–H and O–H groups in total. The van der Waals surface area contributed by atoms with Gasteiger partial charge >= 0.3 is 0 Å². The zero-order valence-corrected chi connectivity index (χ0v) is 12.3. The van der Waals surface area contributed by atoms with Gasteiger partial charge in [-0.2, -0.15) is 4.98 Å². The van der Waals surface area contributed by atoms with Crippen molar-refractivity contribution in [3.8, 4) is 0 Å². The molecule has 20 heavy (non-hydrogen) atoms. The Morgan fingerprint density at radius 3 is 3.00 bits per heavy atom. The molecule has 0 saturated carbocycles. The number of anilines is 2. The molecular weight excluding hydrogens is 298 g/mol. The van der Waals surface area contributed by atoms with Gasteiger partial charge in [-0.3, -0.25) is 5.43 Å². The van der Waals surface area contributed by atoms with Crippen LogP contribution in [0.1, 0.15) is 12.8 Å². The first-order valence-corrected chi connectivity index (χ1v) is 8.96. The van der Waals surface area contributed by atoms with E-state index in [9.17, 15) is 8.42 Å². The van der Waals surface area contributed by atoms with Crippen LogP contribution in [0.5, 0.6) is 0 Å². The molecule has 0 aromatic carbocycles. The third-order valence-corrected chi connectivity index (χ3v) is 5.89. The van der Waals surface area contributed by atoms with Crippen molar-refractivity contribution >= 4 is 43.2 Å². The normalized spacial score (nSPS) is 21.8. The Labute approximate surface area is 120 Å². The average molecular weight is 313 g/mol. The van der Waals surface area contributed by atoms with Gasteiger partial charge < -0.3 is 5.32 Å². The van der Waals surface area contributed by atoms with Crippen LogP contribution in [-0.2, 0) is 9.84 Å². The number of hydrogen-bond acceptors (Lipinski definition) is 8. The van der Waals surface area contributed by atoms with Crippen molar-refractivity contribution in [3.63, 3.8) is 0 Å². The van der Waals surface area contributed by atoms with Crippen molar-refractivity contribution < 1.29 is 8.42 Å². The Morgan fingerprint density at radius 2 is 2.25 bits per heavy atom. The van der Waals surface area contributed by atoms with Gasteiger partial charge in [0.25, 0.3) is 0 Å². The maximum absolute atomic E-state index is 11.7. The summed E-state index contributed by atoms with van der Waals surface area (Å²) in [6, 6.07) is 1.80. The molecule has 3 heterocycles. The Balaban J connectivity index is 1.91. The lowest BCUT2D eigenvalue weighted by Gasteiger charge is -2.23. The zero-order chi connectivity index (χ0) is 14.2. The van der Waals surface area contributed by atoms with E-state index >= 15 is 0 Å². The average Bonchev–Trinajstić information content (AvgIpc) is 2.85. The Morgan fingerprint density at radius 1 is 1.40 bits per heavy atom. The van der Waals surface area contributed by atoms with Crippen LogP contribution in [0.25, 0.3) is 10.2 Å². The molecule has 2 aromatic heterocycles. The van der Waals surface area contributed by atoms with E-state index in [2.05, 4.69) is 20.7 Å². The molecule has 1 atom stereocenters. The third kappa shape index (κ3) is 2.69. The fourth-order valence-corrected chi connectivity index (χ4v) is 4.76. The molecule has 1 aliphatic heterocycles. The van der Waals surface area contributed by atoms with E-state index in [0.717, 1.165) is 16.6 Å². The van der Waals surface area contributed by atoms with Crippen molar-refractivity contribution in [2.24, 2.45) is 5.84 Å². The maximum atomic E-state index is 11.7. The number of nitrogens with zero attached hydrogens (tertiary/aromatic N) is 2. The number of nitrogens with one attached hydrogen (secondary N) is 2. The van der Waals surface area contributed by atoms with Crippen LogP contribution in [0.15, 0.2) is 11.4 Å². The number of fused-ring (bicyclic) bond motifs is 1. The number of rotatable bonds is 3. The molecule has 3 rings (SSSR count). The van der Waals surface area contributed by atoms with Gasteiger partial charge in [-0.1, -0.05) is 0 Å². The number of nitrogen functional groups attached to an aromatic ring is 1. The topological polar surface area (TPSA) is 110 Å². The van der Waals surface area contributed by atoms with Crippen molar-refractivity contribution in [1.29, 1.82) is 0 Å². The molecule has 0 radical (unpaired) electrons. The Hall–Kier alpha value is -1.45. The zero-order valence-electron chi connectivity index (χ0n) is 10.7. The lowest BCUT2D eigenvalue weighted by molar-refractivity contribution is 0.561. The predicted octanol–water partition coefficient (Wildman–Crippen LogP) is 0.966. The van der Waals surface area contributed by atoms with Gasteiger partial charge in [-0.05, 0) is 24.3 Å². The maximum Gasteiger partial charge on any atom is 0.240 e. The van der Waals surface area contributed by atoms with E-state index in [4.69, 9.17) is 5.84 Å². The van der Waals surface area contributed by atoms with Crippen molar-refractivity contribution in [2.45, 2.75) is 18.9 Å². The van der Waals surface area contributed by atoms with Crippen LogP contribution in [-0.4, -0.2) is 35.9 Å². The summed E-state index contributed by atoms with van der Waals surface area (Å²) < 4.78 is 23.4. The van der Waals surface area contributed by atoms with E-state index in [0.29, 0.717) is 18.2 Å². The van der Waals surface area contributed by atoms with E-state index in [1.165, 1.54) is 11.3 Å². The van der Waals surface area contributed by atoms with Crippen LogP contribution >= 0.6 is 11.3 Å². The highest BCUT2D eigenvalue weighted by Gasteiger charge is 2.25. The molecule has 0 spiro atoms. The molecular formula is C11H15N5O2S2. The number of aromatic nitrogens is 2. The van der Waals surface area contributed by atoms with E-state index < -0.39 is 9.84 Å². The van der Waals surface area contributed by atoms with Crippen LogP contribution < -0.4 is 16.6 Å². The first kappa shape index (κ1) is 13.5. The molecule has 1 aliphatic rings. The lowest BCUT2D eigenvalue weighted by Crippen LogP contribution is -2.35. The lowest BCUT2D eigenvalue weighted by atomic mass is 10.2. The first-order chi connectivity index (χ1) is 9.57. The quantitative estimate of drug-likeness (QED) is 0.572. The SMILES string of the molecule is NNc1nc(NC2CCCS(=O)(=O)C2)c2ccsc2n1. The van der Waals surface area contributed by atoms with E-state index in [1.54, 1.807) is 0 Å². The number of thiophene rings is 1. The highest BCUT2D eigenvalue weighted by atomic mass is 32.2. The predicted molar refractivity (Wildman–Crippen MR) is 80.5 cm³/mol. The molecule has 2 aromatic rings. The smallest absolute Gasteiger partial charge is 0.240 e. The van der Waals surface area contributed by atoms with Gasteiger partial charge in [0.2, 0.25) is 5.95 Å². The number of hydrazine groups is 1. The number of sulfone groups is 1. The minimum Gasteiger partial charge on any atom is -0.366 e. The largest absolute Gasteiger partial charge is 0.366 e. The summed E-state index contributed by atoms with van der Waals surface area (Å²) in [6.45, 7) is 0. The van der Waals surface area contributed by atoms with E-state index in [1.807, 2.05) is 11.4 Å². The molecule has 0 aliphatic carbocycles. The molecule has 0 bridgehead atoms. The minimum atomic E-state index is -2.95. The summed E-state index contributed by atoms with van der Waals surface area (Å²) >= 11 is 1.49. The van der Waals surface area contributed by atoms with Gasteiger partial charge in [0, 0.05) is 6.04 Å². The monoisotopic (exact) mass is 313 g/mol. The molecule has 1 unspecified atom stereocenters. The summed E-state index contributed by atoms with van der Waals surface area (Å²) in [5.41, 5.74) is 2.43. The molecule has 0 amide bonds. The standard InChI is InChI=1S/C11H15N5O2S2/c12-16-11-14-9(8-3-4-19-10(8)15-11)13-7-2-1-5-20(17,18)6-7/h3-4,7H,1-2,5-6,12H2,(H2,13,14,15,16). The second-order valence-corrected chi connectivity index (χ2v) is 7.90. The van der Waals surface area contributed by atoms with Crippen molar-refractivity contribution in [1.82, 2.24) is 9.97 Å². The van der Waals surface area contributed by atoms with Crippen LogP contribution in [0.2, 0.25) is 0 Å². The fourth-order valence-electron chi connectivity index (χ4n) is 2.36. The minimum absolute atomic E-state index is 0.114. The first-order valence-electron chi connectivity index (χ1n) is 6.26. The van der Waals surface area contributed by atoms with Crippen LogP contribution in [0, 0.1) is 0 Å². The van der Waals surface area contributed by atoms with Gasteiger partial charge in [0.05, 0.1) is 16.9 Å². The van der Waals surface area contributed by atoms with Crippen molar-refractivity contribution in [2.75, 3.05) is 22.2 Å². The summed E-state index contributed by atoms with van der Waals surface area (Å²) in [5, 5.41) is 6.03. The highest BCUT2D eigenvalue weighted by molar-refractivity contribution is 7.91. The highest BCUT2D eigenvalue weighted by Crippen LogP contribution is 2.28. The molecule has 7 nitrogen and oxygen atoms in total. The van der Waals surface area contributed by atoms with Crippen LogP contribution in [0.4, 0.5) is 11.8 Å². The second kappa shape index (κ2) is 5.15. The summed E-state index contributed by atoms with van der Waals surface area (Å²) in [6.07, 6.45) is 1.50. The molecule has 108 valence electrons. The second-order valence-electron chi connectivity index (χ2n) is 4.78. The summed E-state index contributed by atoms with van der Waals surface area (Å²) in [4.78, 5) is 9.35. The third-order valence-electron chi connectivity index (χ3n) is 3.26. The molecule has 1 saturated heterocycles. The Kier molecular flexibility index (Phi) is 3.48. The summed E-state index contributed by atoms with van der Waals surface area (Å²) in [7, 11) is -2.95. The number of nitrogens with two attached hydrogens (primary N) is 1. The van der Waals surface area contributed by atoms with Gasteiger partial charge in [-0.15, -0.1) is 11.3 Å².